The standard InChI is InChI=1S/C9H10N4O2/c1-5-12-8(7(10)9(14)15)6-4-11-2-3-13(5)6/h2-4,7H,10H2,1H3,(H,14,15). The van der Waals surface area contributed by atoms with Crippen molar-refractivity contribution in [2.75, 3.05) is 0 Å². The van der Waals surface area contributed by atoms with Crippen LogP contribution in [0.25, 0.3) is 5.52 Å². The molecule has 0 aliphatic carbocycles. The Morgan fingerprint density at radius 3 is 3.07 bits per heavy atom. The minimum Gasteiger partial charge on any atom is -0.480 e. The smallest absolute Gasteiger partial charge is 0.326 e. The highest BCUT2D eigenvalue weighted by molar-refractivity contribution is 5.77. The lowest BCUT2D eigenvalue weighted by Crippen LogP contribution is -2.21. The molecule has 2 aromatic heterocycles. The quantitative estimate of drug-likeness (QED) is 0.728. The molecule has 0 bridgehead atoms. The zero-order valence-corrected chi connectivity index (χ0v) is 8.08. The minimum absolute atomic E-state index is 0.341. The SMILES string of the molecule is Cc1nc(C(N)C(=O)O)c2cnccn12. The molecule has 0 amide bonds. The molecule has 2 aromatic rings. The molecule has 2 rings (SSSR count). The maximum atomic E-state index is 10.8. The number of aromatic nitrogens is 3. The number of nitrogens with two attached hydrogens (primary N) is 1. The maximum absolute atomic E-state index is 10.8. The number of imidazole rings is 1. The molecule has 0 aromatic carbocycles. The monoisotopic (exact) mass is 206 g/mol. The second-order valence-electron chi connectivity index (χ2n) is 3.19. The van der Waals surface area contributed by atoms with Gasteiger partial charge in [0.15, 0.2) is 0 Å². The molecule has 78 valence electrons. The topological polar surface area (TPSA) is 93.5 Å². The van der Waals surface area contributed by atoms with E-state index in [4.69, 9.17) is 10.8 Å². The third-order valence-corrected chi connectivity index (χ3v) is 2.21. The molecule has 6 nitrogen and oxygen atoms in total. The molecule has 0 saturated carbocycles. The molecule has 0 fully saturated rings. The van der Waals surface area contributed by atoms with Crippen LogP contribution in [0.1, 0.15) is 17.6 Å². The number of nitrogens with zero attached hydrogens (tertiary/aromatic N) is 3. The Labute approximate surface area is 85.4 Å². The number of aryl methyl sites for hydroxylation is 1. The van der Waals surface area contributed by atoms with E-state index in [1.165, 1.54) is 0 Å². The van der Waals surface area contributed by atoms with Crippen LogP contribution in [-0.4, -0.2) is 25.4 Å². The van der Waals surface area contributed by atoms with E-state index in [0.717, 1.165) is 0 Å². The largest absolute Gasteiger partial charge is 0.480 e. The van der Waals surface area contributed by atoms with Gasteiger partial charge in [-0.25, -0.2) is 4.98 Å². The molecule has 2 heterocycles. The average molecular weight is 206 g/mol. The first kappa shape index (κ1) is 9.60. The summed E-state index contributed by atoms with van der Waals surface area (Å²) in [6.07, 6.45) is 4.88. The number of hydrogen-bond donors (Lipinski definition) is 2. The molecular formula is C9H10N4O2. The van der Waals surface area contributed by atoms with Gasteiger partial charge in [-0.1, -0.05) is 0 Å². The van der Waals surface area contributed by atoms with Crippen molar-refractivity contribution >= 4 is 11.5 Å². The van der Waals surface area contributed by atoms with Gasteiger partial charge in [0.25, 0.3) is 0 Å². The third kappa shape index (κ3) is 1.44. The van der Waals surface area contributed by atoms with Crippen molar-refractivity contribution in [1.29, 1.82) is 0 Å². The first-order chi connectivity index (χ1) is 7.11. The Bertz CT molecular complexity index is 520. The van der Waals surface area contributed by atoms with Crippen LogP contribution >= 0.6 is 0 Å². The number of hydrogen-bond acceptors (Lipinski definition) is 4. The molecule has 0 radical (unpaired) electrons. The maximum Gasteiger partial charge on any atom is 0.326 e. The summed E-state index contributed by atoms with van der Waals surface area (Å²) in [5.41, 5.74) is 6.48. The van der Waals surface area contributed by atoms with Gasteiger partial charge in [0, 0.05) is 12.4 Å². The average Bonchev–Trinajstić information content (AvgIpc) is 2.56. The Hall–Kier alpha value is -1.95. The van der Waals surface area contributed by atoms with E-state index in [-0.39, 0.29) is 0 Å². The van der Waals surface area contributed by atoms with E-state index >= 15 is 0 Å². The fraction of sp³-hybridized carbons (Fsp3) is 0.222. The summed E-state index contributed by atoms with van der Waals surface area (Å²) in [5.74, 6) is -0.405. The zero-order valence-electron chi connectivity index (χ0n) is 8.08. The number of fused-ring (bicyclic) bond motifs is 1. The van der Waals surface area contributed by atoms with E-state index in [9.17, 15) is 4.79 Å². The number of aliphatic carboxylic acids is 1. The lowest BCUT2D eigenvalue weighted by Gasteiger charge is -2.02. The lowest BCUT2D eigenvalue weighted by molar-refractivity contribution is -0.138. The number of carbonyl (C=O) groups is 1. The van der Waals surface area contributed by atoms with E-state index < -0.39 is 12.0 Å². The van der Waals surface area contributed by atoms with Crippen LogP contribution < -0.4 is 5.73 Å². The van der Waals surface area contributed by atoms with Crippen LogP contribution in [0.2, 0.25) is 0 Å². The molecule has 1 atom stereocenters. The van der Waals surface area contributed by atoms with Crippen LogP contribution in [-0.2, 0) is 4.79 Å². The van der Waals surface area contributed by atoms with E-state index in [1.807, 2.05) is 0 Å². The van der Waals surface area contributed by atoms with Gasteiger partial charge in [0.2, 0.25) is 0 Å². The fourth-order valence-corrected chi connectivity index (χ4v) is 1.46. The molecule has 0 aliphatic rings. The Morgan fingerprint density at radius 1 is 1.67 bits per heavy atom. The molecule has 6 heteroatoms. The normalized spacial score (nSPS) is 12.9. The number of carboxylic acids is 1. The molecule has 0 saturated heterocycles. The van der Waals surface area contributed by atoms with Crippen LogP contribution in [0.5, 0.6) is 0 Å². The van der Waals surface area contributed by atoms with Crippen molar-refractivity contribution in [3.05, 3.63) is 30.1 Å². The van der Waals surface area contributed by atoms with E-state index in [0.29, 0.717) is 17.0 Å². The fourth-order valence-electron chi connectivity index (χ4n) is 1.46. The summed E-state index contributed by atoms with van der Waals surface area (Å²) < 4.78 is 1.76. The van der Waals surface area contributed by atoms with Crippen molar-refractivity contribution in [2.45, 2.75) is 13.0 Å². The molecule has 3 N–H and O–H groups in total. The van der Waals surface area contributed by atoms with Gasteiger partial charge in [-0.2, -0.15) is 0 Å². The van der Waals surface area contributed by atoms with Gasteiger partial charge in [0.05, 0.1) is 17.4 Å². The van der Waals surface area contributed by atoms with Crippen LogP contribution in [0, 0.1) is 6.92 Å². The van der Waals surface area contributed by atoms with Crippen LogP contribution in [0.4, 0.5) is 0 Å². The summed E-state index contributed by atoms with van der Waals surface area (Å²) in [6, 6.07) is -1.11. The van der Waals surface area contributed by atoms with Gasteiger partial charge in [-0.3, -0.25) is 9.78 Å². The molecule has 0 spiro atoms. The van der Waals surface area contributed by atoms with Crippen molar-refractivity contribution in [1.82, 2.24) is 14.4 Å². The Kier molecular flexibility index (Phi) is 2.12. The second kappa shape index (κ2) is 3.32. The first-order valence-corrected chi connectivity index (χ1v) is 4.38. The first-order valence-electron chi connectivity index (χ1n) is 4.38. The number of rotatable bonds is 2. The van der Waals surface area contributed by atoms with Crippen molar-refractivity contribution in [3.8, 4) is 0 Å². The third-order valence-electron chi connectivity index (χ3n) is 2.21. The lowest BCUT2D eigenvalue weighted by atomic mass is 10.2. The van der Waals surface area contributed by atoms with Crippen molar-refractivity contribution in [2.24, 2.45) is 5.73 Å². The van der Waals surface area contributed by atoms with Crippen molar-refractivity contribution < 1.29 is 9.90 Å². The van der Waals surface area contributed by atoms with Crippen LogP contribution in [0.3, 0.4) is 0 Å². The predicted molar refractivity (Wildman–Crippen MR) is 52.3 cm³/mol. The highest BCUT2D eigenvalue weighted by Crippen LogP contribution is 2.17. The minimum atomic E-state index is -1.11. The van der Waals surface area contributed by atoms with Gasteiger partial charge >= 0.3 is 5.97 Å². The highest BCUT2D eigenvalue weighted by Gasteiger charge is 2.21. The predicted octanol–water partition coefficient (Wildman–Crippen LogP) is 0.122. The molecule has 15 heavy (non-hydrogen) atoms. The van der Waals surface area contributed by atoms with Gasteiger partial charge in [-0.05, 0) is 6.92 Å². The summed E-state index contributed by atoms with van der Waals surface area (Å²) in [7, 11) is 0. The summed E-state index contributed by atoms with van der Waals surface area (Å²) >= 11 is 0. The van der Waals surface area contributed by atoms with Crippen molar-refractivity contribution in [3.63, 3.8) is 0 Å². The van der Waals surface area contributed by atoms with E-state index in [1.54, 1.807) is 29.9 Å². The Balaban J connectivity index is 2.67. The van der Waals surface area contributed by atoms with Gasteiger partial charge in [-0.15, -0.1) is 0 Å². The Morgan fingerprint density at radius 2 is 2.40 bits per heavy atom. The highest BCUT2D eigenvalue weighted by atomic mass is 16.4. The summed E-state index contributed by atoms with van der Waals surface area (Å²) in [6.45, 7) is 1.78. The van der Waals surface area contributed by atoms with Gasteiger partial charge < -0.3 is 15.2 Å². The zero-order chi connectivity index (χ0) is 11.0. The van der Waals surface area contributed by atoms with Gasteiger partial charge in [0.1, 0.15) is 11.9 Å². The summed E-state index contributed by atoms with van der Waals surface area (Å²) in [4.78, 5) is 18.8. The number of carboxylic acid groups (broad SMARTS) is 1. The molecule has 0 aliphatic heterocycles. The molecular weight excluding hydrogens is 196 g/mol. The molecule has 1 unspecified atom stereocenters. The second-order valence-corrected chi connectivity index (χ2v) is 3.19. The van der Waals surface area contributed by atoms with E-state index in [2.05, 4.69) is 9.97 Å². The van der Waals surface area contributed by atoms with Crippen LogP contribution in [0.15, 0.2) is 18.6 Å². The summed E-state index contributed by atoms with van der Waals surface area (Å²) in [5, 5.41) is 8.81.